The van der Waals surface area contributed by atoms with E-state index in [0.29, 0.717) is 0 Å². The fourth-order valence-corrected chi connectivity index (χ4v) is 4.44. The van der Waals surface area contributed by atoms with Crippen LogP contribution in [0.25, 0.3) is 0 Å². The Labute approximate surface area is 251 Å². The summed E-state index contributed by atoms with van der Waals surface area (Å²) in [4.78, 5) is 83.0. The Bertz CT molecular complexity index is 1090. The van der Waals surface area contributed by atoms with Crippen molar-refractivity contribution in [1.82, 2.24) is 0 Å². The number of ether oxygens (including phenoxy) is 10. The van der Waals surface area contributed by atoms with Gasteiger partial charge in [-0.1, -0.05) is 0 Å². The van der Waals surface area contributed by atoms with Crippen molar-refractivity contribution in [2.75, 3.05) is 13.2 Å². The highest BCUT2D eigenvalue weighted by Crippen LogP contribution is 2.32. The summed E-state index contributed by atoms with van der Waals surface area (Å²) in [6.45, 7) is 6.12. The molecule has 0 aliphatic carbocycles. The molecule has 0 spiro atoms. The largest absolute Gasteiger partial charge is 0.463 e. The van der Waals surface area contributed by atoms with E-state index in [-0.39, 0.29) is 0 Å². The first-order chi connectivity index (χ1) is 20.5. The predicted octanol–water partition coefficient (Wildman–Crippen LogP) is -1.40. The third-order valence-electron chi connectivity index (χ3n) is 5.88. The third-order valence-corrected chi connectivity index (χ3v) is 5.88. The molecule has 2 fully saturated rings. The summed E-state index contributed by atoms with van der Waals surface area (Å²) in [6.07, 6.45) is -15.6. The number of aliphatic hydroxyl groups excluding tert-OH is 1. The Hall–Kier alpha value is -3.87. The van der Waals surface area contributed by atoms with Crippen LogP contribution < -0.4 is 0 Å². The van der Waals surface area contributed by atoms with E-state index in [4.69, 9.17) is 47.4 Å². The molecule has 18 heteroatoms. The molecule has 0 aromatic carbocycles. The van der Waals surface area contributed by atoms with E-state index in [1.165, 1.54) is 0 Å². The number of hydrogen-bond donors (Lipinski definition) is 1. The highest BCUT2D eigenvalue weighted by molar-refractivity contribution is 5.69. The zero-order valence-corrected chi connectivity index (χ0v) is 25.1. The maximum absolute atomic E-state index is 12.1. The molecule has 0 saturated carbocycles. The first kappa shape index (κ1) is 36.3. The second kappa shape index (κ2) is 16.3. The third kappa shape index (κ3) is 10.7. The number of aliphatic hydroxyl groups is 1. The Kier molecular flexibility index (Phi) is 13.4. The van der Waals surface area contributed by atoms with E-state index >= 15 is 0 Å². The van der Waals surface area contributed by atoms with Gasteiger partial charge in [0.1, 0.15) is 24.9 Å². The Balaban J connectivity index is 2.49. The van der Waals surface area contributed by atoms with Crippen molar-refractivity contribution in [3.8, 4) is 0 Å². The molecule has 0 bridgehead atoms. The molecule has 0 radical (unpaired) electrons. The molecule has 0 amide bonds. The molecule has 10 atom stereocenters. The van der Waals surface area contributed by atoms with E-state index in [9.17, 15) is 38.7 Å². The molecular formula is C26H36O18. The molecule has 1 N–H and O–H groups in total. The quantitative estimate of drug-likeness (QED) is 0.203. The highest BCUT2D eigenvalue weighted by atomic mass is 16.8. The fourth-order valence-electron chi connectivity index (χ4n) is 4.44. The lowest BCUT2D eigenvalue weighted by molar-refractivity contribution is -0.330. The molecule has 18 nitrogen and oxygen atoms in total. The summed E-state index contributed by atoms with van der Waals surface area (Å²) < 4.78 is 53.7. The summed E-state index contributed by atoms with van der Waals surface area (Å²) in [5, 5.41) is 10.8. The first-order valence-electron chi connectivity index (χ1n) is 13.3. The van der Waals surface area contributed by atoms with Crippen LogP contribution in [0.5, 0.6) is 0 Å². The minimum absolute atomic E-state index is 0.524. The average Bonchev–Trinajstić information content (AvgIpc) is 2.87. The van der Waals surface area contributed by atoms with Gasteiger partial charge in [0.2, 0.25) is 12.4 Å². The summed E-state index contributed by atoms with van der Waals surface area (Å²) >= 11 is 0. The Morgan fingerprint density at radius 1 is 0.477 bits per heavy atom. The number of esters is 7. The van der Waals surface area contributed by atoms with Crippen molar-refractivity contribution < 1.29 is 86.0 Å². The van der Waals surface area contributed by atoms with Gasteiger partial charge >= 0.3 is 41.8 Å². The van der Waals surface area contributed by atoms with Crippen molar-refractivity contribution in [2.24, 2.45) is 0 Å². The predicted molar refractivity (Wildman–Crippen MR) is 135 cm³/mol. The average molecular weight is 637 g/mol. The van der Waals surface area contributed by atoms with Gasteiger partial charge in [-0.15, -0.1) is 0 Å². The van der Waals surface area contributed by atoms with Gasteiger partial charge in [0, 0.05) is 48.5 Å². The molecule has 2 aliphatic heterocycles. The van der Waals surface area contributed by atoms with Gasteiger partial charge in [0.15, 0.2) is 30.7 Å². The van der Waals surface area contributed by atoms with Crippen molar-refractivity contribution in [1.29, 1.82) is 0 Å². The van der Waals surface area contributed by atoms with Crippen molar-refractivity contribution in [2.45, 2.75) is 110 Å². The molecule has 44 heavy (non-hydrogen) atoms. The zero-order valence-electron chi connectivity index (χ0n) is 25.1. The SMILES string of the molecule is CC(=O)OCC1O[C@H](OCC2OC(OC(C)=O)[C@@H](OC(C)=O)C(OC(C)=O)[C@@H]2OC(C)=O)C(OC(C)=O)C(OC(C)=O)[C@H]1O. The maximum atomic E-state index is 12.1. The molecule has 2 aliphatic rings. The number of hydrogen-bond acceptors (Lipinski definition) is 18. The van der Waals surface area contributed by atoms with Crippen LogP contribution in [0.3, 0.4) is 0 Å². The van der Waals surface area contributed by atoms with Crippen molar-refractivity contribution in [3.63, 3.8) is 0 Å². The van der Waals surface area contributed by atoms with Crippen LogP contribution in [0.4, 0.5) is 0 Å². The molecular weight excluding hydrogens is 600 g/mol. The van der Waals surface area contributed by atoms with Gasteiger partial charge in [-0.05, 0) is 0 Å². The van der Waals surface area contributed by atoms with E-state index in [0.717, 1.165) is 48.5 Å². The maximum Gasteiger partial charge on any atom is 0.305 e. The standard InChI is InChI=1S/C26H36O18/c1-10(27)35-8-17-19(34)21(38-12(3)29)23(40-14(5)31)25(43-17)36-9-18-20(37-11(2)28)22(39-13(4)30)24(41-15(6)32)26(44-18)42-16(7)33/h17-26,34H,8-9H2,1-7H3/t17?,18?,19-,20+,21?,22?,23?,24-,25-,26?/m0/s1. The second-order valence-corrected chi connectivity index (χ2v) is 9.69. The molecule has 0 aromatic rings. The van der Waals surface area contributed by atoms with E-state index in [2.05, 4.69) is 0 Å². The van der Waals surface area contributed by atoms with Crippen LogP contribution >= 0.6 is 0 Å². The van der Waals surface area contributed by atoms with Gasteiger partial charge in [0.05, 0.1) is 6.61 Å². The molecule has 248 valence electrons. The van der Waals surface area contributed by atoms with Gasteiger partial charge in [-0.2, -0.15) is 0 Å². The number of rotatable bonds is 11. The van der Waals surface area contributed by atoms with Crippen molar-refractivity contribution in [3.05, 3.63) is 0 Å². The summed E-state index contributed by atoms with van der Waals surface area (Å²) in [5.41, 5.74) is 0. The zero-order chi connectivity index (χ0) is 33.3. The molecule has 2 saturated heterocycles. The van der Waals surface area contributed by atoms with Crippen molar-refractivity contribution >= 4 is 41.8 Å². The highest BCUT2D eigenvalue weighted by Gasteiger charge is 2.55. The van der Waals surface area contributed by atoms with Crippen LogP contribution in [-0.2, 0) is 80.9 Å². The lowest BCUT2D eigenvalue weighted by Crippen LogP contribution is -2.64. The number of carbonyl (C=O) groups is 7. The van der Waals surface area contributed by atoms with Crippen LogP contribution in [0.15, 0.2) is 0 Å². The van der Waals surface area contributed by atoms with E-state index < -0.39 is 116 Å². The number of carbonyl (C=O) groups excluding carboxylic acids is 7. The molecule has 2 rings (SSSR count). The Morgan fingerprint density at radius 3 is 1.36 bits per heavy atom. The summed E-state index contributed by atoms with van der Waals surface area (Å²) in [7, 11) is 0. The molecule has 0 aromatic heterocycles. The van der Waals surface area contributed by atoms with Gasteiger partial charge < -0.3 is 52.5 Å². The van der Waals surface area contributed by atoms with Gasteiger partial charge in [0.25, 0.3) is 0 Å². The minimum Gasteiger partial charge on any atom is -0.463 e. The normalized spacial score (nSPS) is 31.5. The lowest BCUT2D eigenvalue weighted by Gasteiger charge is -2.45. The van der Waals surface area contributed by atoms with Crippen LogP contribution in [-0.4, -0.2) is 122 Å². The van der Waals surface area contributed by atoms with Gasteiger partial charge in [-0.25, -0.2) is 0 Å². The topological polar surface area (TPSA) is 232 Å². The minimum atomic E-state index is -1.69. The fraction of sp³-hybridized carbons (Fsp3) is 0.731. The van der Waals surface area contributed by atoms with Crippen LogP contribution in [0.2, 0.25) is 0 Å². The summed E-state index contributed by atoms with van der Waals surface area (Å²) in [5.74, 6) is -5.98. The molecule has 6 unspecified atom stereocenters. The van der Waals surface area contributed by atoms with Crippen LogP contribution in [0, 0.1) is 0 Å². The van der Waals surface area contributed by atoms with Gasteiger partial charge in [-0.3, -0.25) is 33.6 Å². The van der Waals surface area contributed by atoms with E-state index in [1.54, 1.807) is 0 Å². The lowest BCUT2D eigenvalue weighted by atomic mass is 9.97. The first-order valence-corrected chi connectivity index (χ1v) is 13.3. The second-order valence-electron chi connectivity index (χ2n) is 9.69. The monoisotopic (exact) mass is 636 g/mol. The summed E-state index contributed by atoms with van der Waals surface area (Å²) in [6, 6.07) is 0. The smallest absolute Gasteiger partial charge is 0.305 e. The molecule has 2 heterocycles. The van der Waals surface area contributed by atoms with Crippen LogP contribution in [0.1, 0.15) is 48.5 Å². The van der Waals surface area contributed by atoms with E-state index in [1.807, 2.05) is 0 Å². The Morgan fingerprint density at radius 2 is 0.886 bits per heavy atom.